The van der Waals surface area contributed by atoms with E-state index < -0.39 is 0 Å². The van der Waals surface area contributed by atoms with Crippen molar-refractivity contribution in [2.24, 2.45) is 17.3 Å². The van der Waals surface area contributed by atoms with Gasteiger partial charge in [-0.15, -0.1) is 0 Å². The van der Waals surface area contributed by atoms with Crippen molar-refractivity contribution in [3.8, 4) is 0 Å². The maximum absolute atomic E-state index is 11.6. The van der Waals surface area contributed by atoms with Crippen LogP contribution in [-0.2, 0) is 4.79 Å². The predicted octanol–water partition coefficient (Wildman–Crippen LogP) is 4.37. The van der Waals surface area contributed by atoms with Gasteiger partial charge in [-0.05, 0) is 43.9 Å². The smallest absolute Gasteiger partial charge is 0.133 e. The number of ketones is 1. The molecular formula is C15H26O. The van der Waals surface area contributed by atoms with Crippen LogP contribution in [0.2, 0.25) is 0 Å². The molecule has 0 N–H and O–H groups in total. The predicted molar refractivity (Wildman–Crippen MR) is 69.3 cm³/mol. The third-order valence-corrected chi connectivity index (χ3v) is 3.73. The lowest BCUT2D eigenvalue weighted by Gasteiger charge is -2.39. The highest BCUT2D eigenvalue weighted by atomic mass is 16.1. The standard InChI is InChI=1S/C15H26O/c1-11(2)6-7-12-10-13(16)8-9-14(12)15(3,4)5/h6,12,14H,7-10H2,1-5H3/t12-,14-/m0/s1. The molecule has 16 heavy (non-hydrogen) atoms. The molecule has 0 bridgehead atoms. The normalized spacial score (nSPS) is 26.7. The second-order valence-electron chi connectivity index (χ2n) is 6.53. The maximum atomic E-state index is 11.6. The minimum atomic E-state index is 0.334. The van der Waals surface area contributed by atoms with E-state index in [9.17, 15) is 4.79 Å². The van der Waals surface area contributed by atoms with Crippen LogP contribution in [0.4, 0.5) is 0 Å². The van der Waals surface area contributed by atoms with Gasteiger partial charge in [-0.25, -0.2) is 0 Å². The van der Waals surface area contributed by atoms with E-state index in [0.717, 1.165) is 25.7 Å². The van der Waals surface area contributed by atoms with Crippen molar-refractivity contribution in [3.05, 3.63) is 11.6 Å². The monoisotopic (exact) mass is 222 g/mol. The third-order valence-electron chi connectivity index (χ3n) is 3.73. The molecular weight excluding hydrogens is 196 g/mol. The summed E-state index contributed by atoms with van der Waals surface area (Å²) in [5.74, 6) is 1.73. The van der Waals surface area contributed by atoms with Gasteiger partial charge in [0, 0.05) is 12.8 Å². The first-order valence-corrected chi connectivity index (χ1v) is 6.45. The molecule has 0 saturated heterocycles. The first kappa shape index (κ1) is 13.5. The summed E-state index contributed by atoms with van der Waals surface area (Å²) >= 11 is 0. The number of carbonyl (C=O) groups is 1. The molecule has 0 aromatic carbocycles. The second-order valence-corrected chi connectivity index (χ2v) is 6.53. The summed E-state index contributed by atoms with van der Waals surface area (Å²) < 4.78 is 0. The zero-order valence-electron chi connectivity index (χ0n) is 11.5. The number of allylic oxidation sites excluding steroid dienone is 2. The van der Waals surface area contributed by atoms with E-state index in [1.165, 1.54) is 5.57 Å². The molecule has 0 aromatic rings. The molecule has 0 aliphatic heterocycles. The summed E-state index contributed by atoms with van der Waals surface area (Å²) in [7, 11) is 0. The zero-order chi connectivity index (χ0) is 12.3. The fourth-order valence-electron chi connectivity index (χ4n) is 2.86. The van der Waals surface area contributed by atoms with Gasteiger partial charge in [-0.3, -0.25) is 4.79 Å². The van der Waals surface area contributed by atoms with Crippen LogP contribution in [0, 0.1) is 17.3 Å². The van der Waals surface area contributed by atoms with Gasteiger partial charge in [-0.1, -0.05) is 32.4 Å². The highest BCUT2D eigenvalue weighted by molar-refractivity contribution is 5.79. The number of rotatable bonds is 2. The molecule has 0 radical (unpaired) electrons. The van der Waals surface area contributed by atoms with Gasteiger partial charge < -0.3 is 0 Å². The Balaban J connectivity index is 2.73. The first-order valence-electron chi connectivity index (χ1n) is 6.45. The quantitative estimate of drug-likeness (QED) is 0.634. The molecule has 1 aliphatic carbocycles. The van der Waals surface area contributed by atoms with Gasteiger partial charge in [0.1, 0.15) is 5.78 Å². The van der Waals surface area contributed by atoms with E-state index >= 15 is 0 Å². The Kier molecular flexibility index (Phi) is 4.35. The molecule has 1 heteroatoms. The van der Waals surface area contributed by atoms with Crippen LogP contribution in [0.3, 0.4) is 0 Å². The van der Waals surface area contributed by atoms with Gasteiger partial charge in [0.15, 0.2) is 0 Å². The molecule has 1 rings (SSSR count). The highest BCUT2D eigenvalue weighted by Crippen LogP contribution is 2.42. The third kappa shape index (κ3) is 3.77. The second kappa shape index (κ2) is 5.16. The Morgan fingerprint density at radius 1 is 1.38 bits per heavy atom. The summed E-state index contributed by atoms with van der Waals surface area (Å²) in [6.07, 6.45) is 6.06. The molecule has 1 fully saturated rings. The summed E-state index contributed by atoms with van der Waals surface area (Å²) in [5.41, 5.74) is 1.70. The Bertz CT molecular complexity index is 276. The average molecular weight is 222 g/mol. The van der Waals surface area contributed by atoms with Crippen molar-refractivity contribution >= 4 is 5.78 Å². The van der Waals surface area contributed by atoms with Gasteiger partial charge in [0.25, 0.3) is 0 Å². The summed E-state index contributed by atoms with van der Waals surface area (Å²) in [6.45, 7) is 11.2. The van der Waals surface area contributed by atoms with Crippen molar-refractivity contribution in [1.29, 1.82) is 0 Å². The molecule has 92 valence electrons. The van der Waals surface area contributed by atoms with E-state index in [0.29, 0.717) is 23.0 Å². The van der Waals surface area contributed by atoms with Gasteiger partial charge in [0.05, 0.1) is 0 Å². The zero-order valence-corrected chi connectivity index (χ0v) is 11.5. The van der Waals surface area contributed by atoms with E-state index in [1.54, 1.807) is 0 Å². The van der Waals surface area contributed by atoms with Crippen LogP contribution in [0.5, 0.6) is 0 Å². The van der Waals surface area contributed by atoms with Crippen molar-refractivity contribution < 1.29 is 4.79 Å². The van der Waals surface area contributed by atoms with Crippen molar-refractivity contribution in [2.45, 2.75) is 60.3 Å². The molecule has 0 aromatic heterocycles. The SMILES string of the molecule is CC(C)=CC[C@H]1CC(=O)CC[C@@H]1C(C)(C)C. The Hall–Kier alpha value is -0.590. The van der Waals surface area contributed by atoms with E-state index in [-0.39, 0.29) is 0 Å². The topological polar surface area (TPSA) is 17.1 Å². The average Bonchev–Trinajstić information content (AvgIpc) is 2.12. The first-order chi connectivity index (χ1) is 7.30. The van der Waals surface area contributed by atoms with Crippen LogP contribution < -0.4 is 0 Å². The molecule has 1 nitrogen and oxygen atoms in total. The van der Waals surface area contributed by atoms with Gasteiger partial charge in [-0.2, -0.15) is 0 Å². The minimum Gasteiger partial charge on any atom is -0.300 e. The lowest BCUT2D eigenvalue weighted by molar-refractivity contribution is -0.123. The van der Waals surface area contributed by atoms with E-state index in [2.05, 4.69) is 40.7 Å². The lowest BCUT2D eigenvalue weighted by Crippen LogP contribution is -2.33. The lowest BCUT2D eigenvalue weighted by atomic mass is 9.65. The minimum absolute atomic E-state index is 0.334. The van der Waals surface area contributed by atoms with Crippen LogP contribution in [0.25, 0.3) is 0 Å². The summed E-state index contributed by atoms with van der Waals surface area (Å²) in [6, 6.07) is 0. The van der Waals surface area contributed by atoms with E-state index in [4.69, 9.17) is 0 Å². The largest absolute Gasteiger partial charge is 0.300 e. The number of carbonyl (C=O) groups excluding carboxylic acids is 1. The Labute approximate surface area is 100 Å². The molecule has 0 spiro atoms. The fourth-order valence-corrected chi connectivity index (χ4v) is 2.86. The summed E-state index contributed by atoms with van der Waals surface area (Å²) in [5, 5.41) is 0. The Morgan fingerprint density at radius 2 is 2.00 bits per heavy atom. The molecule has 0 unspecified atom stereocenters. The molecule has 0 heterocycles. The van der Waals surface area contributed by atoms with Crippen molar-refractivity contribution in [3.63, 3.8) is 0 Å². The summed E-state index contributed by atoms with van der Waals surface area (Å²) in [4.78, 5) is 11.6. The van der Waals surface area contributed by atoms with Gasteiger partial charge >= 0.3 is 0 Å². The molecule has 1 saturated carbocycles. The molecule has 2 atom stereocenters. The number of Topliss-reactive ketones (excluding diaryl/α,β-unsaturated/α-hetero) is 1. The van der Waals surface area contributed by atoms with E-state index in [1.807, 2.05) is 0 Å². The van der Waals surface area contributed by atoms with Gasteiger partial charge in [0.2, 0.25) is 0 Å². The van der Waals surface area contributed by atoms with Crippen LogP contribution in [0.1, 0.15) is 60.3 Å². The highest BCUT2D eigenvalue weighted by Gasteiger charge is 2.35. The molecule has 1 aliphatic rings. The van der Waals surface area contributed by atoms with Crippen LogP contribution in [0.15, 0.2) is 11.6 Å². The number of hydrogen-bond acceptors (Lipinski definition) is 1. The van der Waals surface area contributed by atoms with Crippen LogP contribution in [-0.4, -0.2) is 5.78 Å². The number of hydrogen-bond donors (Lipinski definition) is 0. The van der Waals surface area contributed by atoms with Crippen molar-refractivity contribution in [1.82, 2.24) is 0 Å². The van der Waals surface area contributed by atoms with Crippen molar-refractivity contribution in [2.75, 3.05) is 0 Å². The maximum Gasteiger partial charge on any atom is 0.133 e. The fraction of sp³-hybridized carbons (Fsp3) is 0.800. The Morgan fingerprint density at radius 3 is 2.50 bits per heavy atom. The molecule has 0 amide bonds. The van der Waals surface area contributed by atoms with Crippen LogP contribution >= 0.6 is 0 Å².